The van der Waals surface area contributed by atoms with Crippen molar-refractivity contribution in [1.82, 2.24) is 10.2 Å². The summed E-state index contributed by atoms with van der Waals surface area (Å²) < 4.78 is 10.6. The molecule has 0 saturated carbocycles. The topological polar surface area (TPSA) is 84.9 Å². The van der Waals surface area contributed by atoms with Gasteiger partial charge in [0, 0.05) is 5.56 Å². The molecule has 1 aliphatic rings. The molecular formula is C24H20N2O5. The number of carbonyl (C=O) groups is 3. The van der Waals surface area contributed by atoms with Gasteiger partial charge in [0.1, 0.15) is 17.1 Å². The van der Waals surface area contributed by atoms with Crippen LogP contribution in [0.5, 0.6) is 11.5 Å². The molecule has 3 aromatic carbocycles. The van der Waals surface area contributed by atoms with Crippen molar-refractivity contribution in [2.45, 2.75) is 6.54 Å². The zero-order valence-corrected chi connectivity index (χ0v) is 17.0. The van der Waals surface area contributed by atoms with Gasteiger partial charge >= 0.3 is 6.03 Å². The fourth-order valence-corrected chi connectivity index (χ4v) is 3.50. The molecule has 0 atom stereocenters. The van der Waals surface area contributed by atoms with Crippen LogP contribution in [0.3, 0.4) is 0 Å². The average molecular weight is 416 g/mol. The summed E-state index contributed by atoms with van der Waals surface area (Å²) in [6, 6.07) is 17.5. The molecule has 31 heavy (non-hydrogen) atoms. The van der Waals surface area contributed by atoms with Crippen LogP contribution in [0.15, 0.2) is 66.2 Å². The standard InChI is InChI=1S/C24H20N2O5/c1-30-17-10-7-15(8-11-17)14-26-23(28)20(22(27)25-24(26)29)13-19-18-6-4-3-5-16(18)9-12-21(19)31-2/h3-13H,14H2,1-2H3,(H,25,27,29). The Labute approximate surface area is 178 Å². The number of carbonyl (C=O) groups excluding carboxylic acids is 3. The van der Waals surface area contributed by atoms with E-state index in [4.69, 9.17) is 9.47 Å². The van der Waals surface area contributed by atoms with Crippen LogP contribution in [0.2, 0.25) is 0 Å². The molecule has 1 aliphatic heterocycles. The summed E-state index contributed by atoms with van der Waals surface area (Å²) in [5.74, 6) is -0.224. The van der Waals surface area contributed by atoms with Crippen molar-refractivity contribution in [3.8, 4) is 11.5 Å². The number of amides is 4. The Morgan fingerprint density at radius 1 is 0.903 bits per heavy atom. The zero-order valence-electron chi connectivity index (χ0n) is 17.0. The Morgan fingerprint density at radius 2 is 1.65 bits per heavy atom. The van der Waals surface area contributed by atoms with Crippen molar-refractivity contribution in [1.29, 1.82) is 0 Å². The largest absolute Gasteiger partial charge is 0.497 e. The molecule has 0 aliphatic carbocycles. The Balaban J connectivity index is 1.73. The first-order valence-corrected chi connectivity index (χ1v) is 9.59. The van der Waals surface area contributed by atoms with Gasteiger partial charge in [-0.15, -0.1) is 0 Å². The molecule has 0 unspecified atom stereocenters. The van der Waals surface area contributed by atoms with Crippen LogP contribution in [0.4, 0.5) is 4.79 Å². The third-order valence-corrected chi connectivity index (χ3v) is 5.12. The van der Waals surface area contributed by atoms with E-state index in [1.54, 1.807) is 37.4 Å². The van der Waals surface area contributed by atoms with Crippen molar-refractivity contribution in [2.75, 3.05) is 14.2 Å². The van der Waals surface area contributed by atoms with E-state index < -0.39 is 17.8 Å². The monoisotopic (exact) mass is 416 g/mol. The van der Waals surface area contributed by atoms with E-state index in [0.29, 0.717) is 17.1 Å². The second-order valence-electron chi connectivity index (χ2n) is 6.96. The maximum atomic E-state index is 13.1. The van der Waals surface area contributed by atoms with Gasteiger partial charge in [0.05, 0.1) is 20.8 Å². The summed E-state index contributed by atoms with van der Waals surface area (Å²) in [5, 5.41) is 4.01. The summed E-state index contributed by atoms with van der Waals surface area (Å²) >= 11 is 0. The number of hydrogen-bond donors (Lipinski definition) is 1. The molecule has 0 spiro atoms. The number of nitrogens with one attached hydrogen (secondary N) is 1. The first-order valence-electron chi connectivity index (χ1n) is 9.59. The van der Waals surface area contributed by atoms with Crippen LogP contribution in [0.25, 0.3) is 16.8 Å². The van der Waals surface area contributed by atoms with Gasteiger partial charge in [-0.3, -0.25) is 19.8 Å². The highest BCUT2D eigenvalue weighted by Crippen LogP contribution is 2.31. The average Bonchev–Trinajstić information content (AvgIpc) is 2.79. The maximum absolute atomic E-state index is 13.1. The van der Waals surface area contributed by atoms with E-state index >= 15 is 0 Å². The minimum atomic E-state index is -0.757. The Hall–Kier alpha value is -4.13. The van der Waals surface area contributed by atoms with E-state index in [2.05, 4.69) is 5.32 Å². The Bertz CT molecular complexity index is 1210. The summed E-state index contributed by atoms with van der Waals surface area (Å²) in [4.78, 5) is 39.0. The second kappa shape index (κ2) is 8.31. The number of imide groups is 2. The Morgan fingerprint density at radius 3 is 2.35 bits per heavy atom. The number of nitrogens with zero attached hydrogens (tertiary/aromatic N) is 1. The van der Waals surface area contributed by atoms with Gasteiger partial charge < -0.3 is 9.47 Å². The highest BCUT2D eigenvalue weighted by Gasteiger charge is 2.36. The molecule has 3 aromatic rings. The highest BCUT2D eigenvalue weighted by molar-refractivity contribution is 6.31. The zero-order chi connectivity index (χ0) is 22.0. The van der Waals surface area contributed by atoms with Crippen molar-refractivity contribution in [2.24, 2.45) is 0 Å². The number of ether oxygens (including phenoxy) is 2. The predicted octanol–water partition coefficient (Wildman–Crippen LogP) is 3.52. The lowest BCUT2D eigenvalue weighted by Crippen LogP contribution is -2.53. The summed E-state index contributed by atoms with van der Waals surface area (Å²) in [5.41, 5.74) is 1.18. The van der Waals surface area contributed by atoms with Crippen LogP contribution in [0.1, 0.15) is 11.1 Å². The number of hydrogen-bond acceptors (Lipinski definition) is 5. The lowest BCUT2D eigenvalue weighted by atomic mass is 9.99. The molecule has 156 valence electrons. The van der Waals surface area contributed by atoms with Gasteiger partial charge in [-0.25, -0.2) is 4.79 Å². The quantitative estimate of drug-likeness (QED) is 0.508. The van der Waals surface area contributed by atoms with Crippen molar-refractivity contribution in [3.63, 3.8) is 0 Å². The molecule has 0 aromatic heterocycles. The molecule has 7 heteroatoms. The molecule has 1 fully saturated rings. The normalized spacial score (nSPS) is 15.4. The van der Waals surface area contributed by atoms with Crippen LogP contribution in [-0.4, -0.2) is 37.0 Å². The number of urea groups is 1. The number of rotatable bonds is 5. The third kappa shape index (κ3) is 3.85. The lowest BCUT2D eigenvalue weighted by molar-refractivity contribution is -0.130. The fourth-order valence-electron chi connectivity index (χ4n) is 3.50. The molecule has 0 radical (unpaired) electrons. The van der Waals surface area contributed by atoms with Crippen LogP contribution < -0.4 is 14.8 Å². The van der Waals surface area contributed by atoms with Crippen LogP contribution in [-0.2, 0) is 16.1 Å². The molecule has 4 amide bonds. The smallest absolute Gasteiger partial charge is 0.331 e. The van der Waals surface area contributed by atoms with E-state index in [1.165, 1.54) is 13.2 Å². The molecule has 7 nitrogen and oxygen atoms in total. The van der Waals surface area contributed by atoms with Crippen LogP contribution in [0, 0.1) is 0 Å². The first-order chi connectivity index (χ1) is 15.0. The van der Waals surface area contributed by atoms with Crippen molar-refractivity contribution < 1.29 is 23.9 Å². The molecule has 1 saturated heterocycles. The second-order valence-corrected chi connectivity index (χ2v) is 6.96. The molecule has 1 heterocycles. The number of benzene rings is 3. The maximum Gasteiger partial charge on any atom is 0.331 e. The molecule has 0 bridgehead atoms. The van der Waals surface area contributed by atoms with Crippen LogP contribution >= 0.6 is 0 Å². The van der Waals surface area contributed by atoms with Gasteiger partial charge in [-0.05, 0) is 40.6 Å². The van der Waals surface area contributed by atoms with Gasteiger partial charge in [-0.2, -0.15) is 0 Å². The molecule has 1 N–H and O–H groups in total. The summed E-state index contributed by atoms with van der Waals surface area (Å²) in [6.45, 7) is 0.0198. The van der Waals surface area contributed by atoms with E-state index in [1.807, 2.05) is 30.3 Å². The first kappa shape index (κ1) is 20.2. The highest BCUT2D eigenvalue weighted by atomic mass is 16.5. The van der Waals surface area contributed by atoms with E-state index in [-0.39, 0.29) is 12.1 Å². The molecule has 4 rings (SSSR count). The van der Waals surface area contributed by atoms with Gasteiger partial charge in [0.15, 0.2) is 0 Å². The van der Waals surface area contributed by atoms with E-state index in [0.717, 1.165) is 21.2 Å². The third-order valence-electron chi connectivity index (χ3n) is 5.12. The summed E-state index contributed by atoms with van der Waals surface area (Å²) in [6.07, 6.45) is 1.48. The minimum Gasteiger partial charge on any atom is -0.497 e. The van der Waals surface area contributed by atoms with Gasteiger partial charge in [0.25, 0.3) is 11.8 Å². The summed E-state index contributed by atoms with van der Waals surface area (Å²) in [7, 11) is 3.08. The van der Waals surface area contributed by atoms with Gasteiger partial charge in [0.2, 0.25) is 0 Å². The number of barbiturate groups is 1. The van der Waals surface area contributed by atoms with Crippen molar-refractivity contribution in [3.05, 3.63) is 77.4 Å². The lowest BCUT2D eigenvalue weighted by Gasteiger charge is -2.26. The number of methoxy groups -OCH3 is 2. The van der Waals surface area contributed by atoms with Gasteiger partial charge in [-0.1, -0.05) is 42.5 Å². The van der Waals surface area contributed by atoms with Crippen molar-refractivity contribution >= 4 is 34.7 Å². The minimum absolute atomic E-state index is 0.0198. The predicted molar refractivity (Wildman–Crippen MR) is 116 cm³/mol. The fraction of sp³-hybridized carbons (Fsp3) is 0.125. The number of fused-ring (bicyclic) bond motifs is 1. The Kier molecular flexibility index (Phi) is 5.41. The molecular weight excluding hydrogens is 396 g/mol. The SMILES string of the molecule is COc1ccc(CN2C(=O)NC(=O)C(=Cc3c(OC)ccc4ccccc34)C2=O)cc1. The van der Waals surface area contributed by atoms with E-state index in [9.17, 15) is 14.4 Å².